The van der Waals surface area contributed by atoms with Crippen LogP contribution in [0.2, 0.25) is 0 Å². The molecule has 1 fully saturated rings. The van der Waals surface area contributed by atoms with Gasteiger partial charge in [0, 0.05) is 31.0 Å². The Morgan fingerprint density at radius 1 is 1.06 bits per heavy atom. The molecule has 1 aromatic carbocycles. The second kappa shape index (κ2) is 19.3. The summed E-state index contributed by atoms with van der Waals surface area (Å²) >= 11 is 5.58. The van der Waals surface area contributed by atoms with Crippen molar-refractivity contribution in [1.29, 1.82) is 0 Å². The molecule has 2 N–H and O–H groups in total. The summed E-state index contributed by atoms with van der Waals surface area (Å²) in [6.07, 6.45) is 9.68. The Bertz CT molecular complexity index is 1510. The molecule has 1 aliphatic rings. The van der Waals surface area contributed by atoms with Gasteiger partial charge < -0.3 is 34.0 Å². The molecular weight excluding hydrogens is 657 g/mol. The highest BCUT2D eigenvalue weighted by molar-refractivity contribution is 7.82. The van der Waals surface area contributed by atoms with Crippen molar-refractivity contribution in [3.63, 3.8) is 0 Å². The van der Waals surface area contributed by atoms with E-state index < -0.39 is 23.7 Å². The number of hydrogen-bond donors (Lipinski definition) is 2. The fraction of sp³-hybridized carbons (Fsp3) is 0.538. The van der Waals surface area contributed by atoms with Gasteiger partial charge >= 0.3 is 12.1 Å². The summed E-state index contributed by atoms with van der Waals surface area (Å²) in [6, 6.07) is 6.43. The van der Waals surface area contributed by atoms with E-state index in [9.17, 15) is 14.4 Å². The number of hydrogen-bond acceptors (Lipinski definition) is 9. The molecule has 2 amide bonds. The molecule has 2 aromatic rings. The topological polar surface area (TPSA) is 125 Å². The quantitative estimate of drug-likeness (QED) is 0.0735. The number of methoxy groups -OCH3 is 2. The van der Waals surface area contributed by atoms with Crippen LogP contribution in [0.15, 0.2) is 52.5 Å². The number of carbonyl (C=O) groups is 3. The van der Waals surface area contributed by atoms with E-state index >= 15 is 0 Å². The van der Waals surface area contributed by atoms with Gasteiger partial charge in [0.25, 0.3) is 5.91 Å². The van der Waals surface area contributed by atoms with E-state index in [-0.39, 0.29) is 30.2 Å². The van der Waals surface area contributed by atoms with E-state index in [1.165, 1.54) is 6.42 Å². The van der Waals surface area contributed by atoms with Crippen molar-refractivity contribution in [3.8, 4) is 22.8 Å². The highest BCUT2D eigenvalue weighted by Gasteiger charge is 2.27. The van der Waals surface area contributed by atoms with Crippen LogP contribution in [0.5, 0.6) is 11.5 Å². The number of carbonyl (C=O) groups excluding carboxylic acids is 3. The van der Waals surface area contributed by atoms with Crippen LogP contribution in [0.4, 0.5) is 4.79 Å². The number of alkyl carbamates (subject to hydrolysis) is 1. The second-order valence-corrected chi connectivity index (χ2v) is 14.3. The first kappa shape index (κ1) is 40.3. The molecule has 0 aliphatic heterocycles. The van der Waals surface area contributed by atoms with Gasteiger partial charge in [-0.3, -0.25) is 4.79 Å². The Labute approximate surface area is 302 Å². The Hall–Kier alpha value is -4.12. The molecule has 10 nitrogen and oxygen atoms in total. The molecule has 3 atom stereocenters. The van der Waals surface area contributed by atoms with Gasteiger partial charge in [-0.15, -0.1) is 0 Å². The van der Waals surface area contributed by atoms with Crippen molar-refractivity contribution in [2.24, 2.45) is 11.8 Å². The fourth-order valence-corrected chi connectivity index (χ4v) is 6.11. The molecule has 1 saturated carbocycles. The number of furan rings is 1. The zero-order valence-corrected chi connectivity index (χ0v) is 31.6. The molecule has 50 heavy (non-hydrogen) atoms. The summed E-state index contributed by atoms with van der Waals surface area (Å²) in [4.78, 5) is 39.0. The molecule has 3 unspecified atom stereocenters. The molecule has 1 aliphatic carbocycles. The van der Waals surface area contributed by atoms with Gasteiger partial charge in [-0.05, 0) is 101 Å². The van der Waals surface area contributed by atoms with Crippen LogP contribution in [-0.2, 0) is 31.9 Å². The molecule has 274 valence electrons. The number of benzene rings is 1. The third-order valence-corrected chi connectivity index (χ3v) is 8.79. The minimum Gasteiger partial charge on any atom is -0.497 e. The van der Waals surface area contributed by atoms with Crippen LogP contribution in [-0.4, -0.2) is 61.8 Å². The SMILES string of the molecule is CC=CC(=CC)CC(NC(=O)OC(C)(C)C)C(=O)OCCCc1cc(-c2cc(OC)cc(OC)c2)oc1CC(=S)C(=O)NCC1CCC(C)C1. The van der Waals surface area contributed by atoms with Crippen LogP contribution < -0.4 is 20.1 Å². The van der Waals surface area contributed by atoms with Crippen LogP contribution in [0, 0.1) is 11.8 Å². The number of thiocarbonyl (C=S) groups is 1. The maximum Gasteiger partial charge on any atom is 0.408 e. The number of ether oxygens (including phenoxy) is 4. The van der Waals surface area contributed by atoms with Crippen LogP contribution in [0.3, 0.4) is 0 Å². The summed E-state index contributed by atoms with van der Waals surface area (Å²) in [6.45, 7) is 12.0. The van der Waals surface area contributed by atoms with Gasteiger partial charge in [0.05, 0.1) is 25.7 Å². The summed E-state index contributed by atoms with van der Waals surface area (Å²) in [5.74, 6) is 2.67. The number of allylic oxidation sites excluding steroid dienone is 3. The molecule has 0 saturated heterocycles. The largest absolute Gasteiger partial charge is 0.497 e. The van der Waals surface area contributed by atoms with Crippen molar-refractivity contribution in [2.45, 2.75) is 98.1 Å². The lowest BCUT2D eigenvalue weighted by molar-refractivity contribution is -0.146. The summed E-state index contributed by atoms with van der Waals surface area (Å²) in [5, 5.41) is 5.69. The van der Waals surface area contributed by atoms with Crippen LogP contribution in [0.1, 0.15) is 85.0 Å². The summed E-state index contributed by atoms with van der Waals surface area (Å²) in [7, 11) is 3.16. The van der Waals surface area contributed by atoms with E-state index in [4.69, 9.17) is 35.6 Å². The Kier molecular flexibility index (Phi) is 15.6. The zero-order valence-electron chi connectivity index (χ0n) is 30.8. The molecule has 1 aromatic heterocycles. The maximum absolute atomic E-state index is 13.2. The molecule has 0 radical (unpaired) electrons. The van der Waals surface area contributed by atoms with Crippen molar-refractivity contribution < 1.29 is 37.7 Å². The Morgan fingerprint density at radius 2 is 1.76 bits per heavy atom. The van der Waals surface area contributed by atoms with Crippen molar-refractivity contribution >= 4 is 35.1 Å². The van der Waals surface area contributed by atoms with Gasteiger partial charge in [-0.2, -0.15) is 0 Å². The van der Waals surface area contributed by atoms with E-state index in [1.54, 1.807) is 41.1 Å². The molecule has 0 bridgehead atoms. The molecule has 11 heteroatoms. The van der Waals surface area contributed by atoms with Crippen LogP contribution >= 0.6 is 12.2 Å². The first-order valence-corrected chi connectivity index (χ1v) is 17.8. The summed E-state index contributed by atoms with van der Waals surface area (Å²) < 4.78 is 28.3. The van der Waals surface area contributed by atoms with Gasteiger partial charge in [0.2, 0.25) is 0 Å². The van der Waals surface area contributed by atoms with E-state index in [0.29, 0.717) is 54.2 Å². The highest BCUT2D eigenvalue weighted by Crippen LogP contribution is 2.33. The number of aryl methyl sites for hydroxylation is 1. The minimum atomic E-state index is -0.935. The first-order chi connectivity index (χ1) is 23.7. The number of rotatable bonds is 17. The van der Waals surface area contributed by atoms with E-state index in [0.717, 1.165) is 29.5 Å². The van der Waals surface area contributed by atoms with Gasteiger partial charge in [0.15, 0.2) is 0 Å². The average molecular weight is 711 g/mol. The third kappa shape index (κ3) is 13.0. The highest BCUT2D eigenvalue weighted by atomic mass is 32.1. The molecule has 3 rings (SSSR count). The van der Waals surface area contributed by atoms with Crippen molar-refractivity contribution in [1.82, 2.24) is 10.6 Å². The summed E-state index contributed by atoms with van der Waals surface area (Å²) in [5.41, 5.74) is 1.72. The number of esters is 1. The minimum absolute atomic E-state index is 0.0950. The third-order valence-electron chi connectivity index (χ3n) is 8.46. The predicted octanol–water partition coefficient (Wildman–Crippen LogP) is 7.71. The lowest BCUT2D eigenvalue weighted by Gasteiger charge is -2.23. The normalized spacial score (nSPS) is 16.9. The number of nitrogens with one attached hydrogen (secondary N) is 2. The van der Waals surface area contributed by atoms with Crippen molar-refractivity contribution in [2.75, 3.05) is 27.4 Å². The Balaban J connectivity index is 1.74. The van der Waals surface area contributed by atoms with Gasteiger partial charge in [-0.1, -0.05) is 43.8 Å². The van der Waals surface area contributed by atoms with E-state index in [1.807, 2.05) is 50.3 Å². The fourth-order valence-electron chi connectivity index (χ4n) is 5.90. The molecule has 1 heterocycles. The molecule has 0 spiro atoms. The van der Waals surface area contributed by atoms with Gasteiger partial charge in [-0.25, -0.2) is 9.59 Å². The standard InChI is InChI=1S/C39H54N2O8S/c1-9-12-26(10-2)18-32(41-38(44)49-39(4,5)6)37(43)47-16-11-13-28-21-33(29-19-30(45-7)22-31(20-29)46-8)48-34(28)23-35(50)36(42)40-24-27-15-14-25(3)17-27/h9-10,12,19-22,25,27,32H,11,13-18,23-24H2,1-8H3,(H,40,42)(H,41,44). The predicted molar refractivity (Wildman–Crippen MR) is 199 cm³/mol. The average Bonchev–Trinajstić information content (AvgIpc) is 3.68. The molecular formula is C39H54N2O8S. The first-order valence-electron chi connectivity index (χ1n) is 17.3. The Morgan fingerprint density at radius 3 is 2.34 bits per heavy atom. The van der Waals surface area contributed by atoms with Gasteiger partial charge in [0.1, 0.15) is 34.7 Å². The van der Waals surface area contributed by atoms with Crippen molar-refractivity contribution in [3.05, 3.63) is 59.4 Å². The van der Waals surface area contributed by atoms with E-state index in [2.05, 4.69) is 17.6 Å². The smallest absolute Gasteiger partial charge is 0.408 e. The zero-order chi connectivity index (χ0) is 36.8. The lowest BCUT2D eigenvalue weighted by Crippen LogP contribution is -2.44. The monoisotopic (exact) mass is 710 g/mol. The second-order valence-electron chi connectivity index (χ2n) is 13.8. The maximum atomic E-state index is 13.2. The van der Waals surface area contributed by atoms with Crippen LogP contribution in [0.25, 0.3) is 11.3 Å². The number of amides is 2. The lowest BCUT2D eigenvalue weighted by atomic mass is 10.0.